The van der Waals surface area contributed by atoms with Gasteiger partial charge in [0.2, 0.25) is 0 Å². The Morgan fingerprint density at radius 3 is 2.54 bits per heavy atom. The Morgan fingerprint density at radius 2 is 1.82 bits per heavy atom. The number of allylic oxidation sites excluding steroid dienone is 1. The Kier molecular flexibility index (Phi) is 7.21. The molecule has 3 aromatic carbocycles. The van der Waals surface area contributed by atoms with Gasteiger partial charge in [-0.05, 0) is 48.0 Å². The highest BCUT2D eigenvalue weighted by molar-refractivity contribution is 7.98. The molecule has 3 aromatic rings. The Bertz CT molecular complexity index is 1000. The first-order valence-electron chi connectivity index (χ1n) is 8.59. The molecule has 0 spiro atoms. The van der Waals surface area contributed by atoms with Crippen LogP contribution in [-0.2, 0) is 5.75 Å². The van der Waals surface area contributed by atoms with Gasteiger partial charge in [0.25, 0.3) is 0 Å². The molecule has 0 N–H and O–H groups in total. The third-order valence-corrected chi connectivity index (χ3v) is 5.68. The summed E-state index contributed by atoms with van der Waals surface area (Å²) in [7, 11) is 1.65. The summed E-state index contributed by atoms with van der Waals surface area (Å²) in [6.07, 6.45) is 3.26. The molecule has 142 valence electrons. The molecule has 5 heteroatoms. The minimum absolute atomic E-state index is 0.177. The maximum absolute atomic E-state index is 12.4. The van der Waals surface area contributed by atoms with Crippen LogP contribution in [0.25, 0.3) is 6.08 Å². The zero-order valence-corrected chi connectivity index (χ0v) is 17.5. The van der Waals surface area contributed by atoms with E-state index in [0.29, 0.717) is 15.6 Å². The number of benzene rings is 3. The summed E-state index contributed by atoms with van der Waals surface area (Å²) in [5.74, 6) is 1.42. The molecule has 0 aromatic heterocycles. The molecule has 0 saturated carbocycles. The predicted octanol–water partition coefficient (Wildman–Crippen LogP) is 7.19. The monoisotopic (exact) mass is 428 g/mol. The third kappa shape index (κ3) is 5.41. The van der Waals surface area contributed by atoms with Crippen molar-refractivity contribution in [2.45, 2.75) is 10.6 Å². The van der Waals surface area contributed by atoms with Crippen molar-refractivity contribution >= 4 is 46.8 Å². The SMILES string of the molecule is COc1cc(/C=C/C(=O)c2ccc(Cl)cc2Cl)ccc1CSc1ccccc1. The Labute approximate surface area is 179 Å². The van der Waals surface area contributed by atoms with E-state index in [1.165, 1.54) is 11.0 Å². The summed E-state index contributed by atoms with van der Waals surface area (Å²) in [6.45, 7) is 0. The third-order valence-electron chi connectivity index (χ3n) is 4.07. The van der Waals surface area contributed by atoms with Gasteiger partial charge in [0, 0.05) is 26.8 Å². The van der Waals surface area contributed by atoms with Gasteiger partial charge in [-0.15, -0.1) is 11.8 Å². The maximum Gasteiger partial charge on any atom is 0.187 e. The lowest BCUT2D eigenvalue weighted by Gasteiger charge is -2.09. The van der Waals surface area contributed by atoms with Crippen LogP contribution < -0.4 is 4.74 Å². The van der Waals surface area contributed by atoms with Crippen molar-refractivity contribution in [3.05, 3.63) is 99.5 Å². The topological polar surface area (TPSA) is 26.3 Å². The highest BCUT2D eigenvalue weighted by Crippen LogP contribution is 2.29. The summed E-state index contributed by atoms with van der Waals surface area (Å²) >= 11 is 13.7. The van der Waals surface area contributed by atoms with Gasteiger partial charge in [-0.1, -0.05) is 59.6 Å². The Morgan fingerprint density at radius 1 is 1.04 bits per heavy atom. The molecule has 0 aliphatic heterocycles. The molecule has 0 aliphatic rings. The second-order valence-corrected chi connectivity index (χ2v) is 7.89. The van der Waals surface area contributed by atoms with Crippen LogP contribution in [0, 0.1) is 0 Å². The summed E-state index contributed by atoms with van der Waals surface area (Å²) < 4.78 is 5.53. The fraction of sp³-hybridized carbons (Fsp3) is 0.0870. The van der Waals surface area contributed by atoms with Gasteiger partial charge in [-0.2, -0.15) is 0 Å². The number of ether oxygens (including phenoxy) is 1. The molecular formula is C23H18Cl2O2S. The van der Waals surface area contributed by atoms with Crippen LogP contribution in [0.3, 0.4) is 0 Å². The first-order valence-corrected chi connectivity index (χ1v) is 10.3. The molecule has 2 nitrogen and oxygen atoms in total. The fourth-order valence-corrected chi connectivity index (χ4v) is 4.02. The van der Waals surface area contributed by atoms with Gasteiger partial charge in [0.05, 0.1) is 12.1 Å². The van der Waals surface area contributed by atoms with Crippen molar-refractivity contribution in [2.24, 2.45) is 0 Å². The second-order valence-electron chi connectivity index (χ2n) is 5.99. The van der Waals surface area contributed by atoms with E-state index in [0.717, 1.165) is 22.6 Å². The Balaban J connectivity index is 1.72. The number of thioether (sulfide) groups is 1. The number of rotatable bonds is 7. The number of methoxy groups -OCH3 is 1. The standard InChI is InChI=1S/C23H18Cl2O2S/c1-27-23-13-16(7-9-17(23)15-28-19-5-3-2-4-6-19)8-12-22(26)20-11-10-18(24)14-21(20)25/h2-14H,15H2,1H3/b12-8+. The van der Waals surface area contributed by atoms with Crippen LogP contribution in [0.2, 0.25) is 10.0 Å². The van der Waals surface area contributed by atoms with Crippen LogP contribution in [0.4, 0.5) is 0 Å². The molecule has 0 saturated heterocycles. The molecular weight excluding hydrogens is 411 g/mol. The van der Waals surface area contributed by atoms with E-state index >= 15 is 0 Å². The quantitative estimate of drug-likeness (QED) is 0.226. The van der Waals surface area contributed by atoms with E-state index in [-0.39, 0.29) is 5.78 Å². The van der Waals surface area contributed by atoms with Crippen LogP contribution in [0.5, 0.6) is 5.75 Å². The Hall–Kier alpha value is -2.20. The summed E-state index contributed by atoms with van der Waals surface area (Å²) in [5, 5.41) is 0.840. The minimum Gasteiger partial charge on any atom is -0.496 e. The van der Waals surface area contributed by atoms with E-state index in [1.807, 2.05) is 36.4 Å². The maximum atomic E-state index is 12.4. The zero-order valence-electron chi connectivity index (χ0n) is 15.2. The number of hydrogen-bond donors (Lipinski definition) is 0. The van der Waals surface area contributed by atoms with Gasteiger partial charge in [-0.3, -0.25) is 4.79 Å². The van der Waals surface area contributed by atoms with Crippen molar-refractivity contribution in [3.63, 3.8) is 0 Å². The number of ketones is 1. The van der Waals surface area contributed by atoms with E-state index in [9.17, 15) is 4.79 Å². The highest BCUT2D eigenvalue weighted by atomic mass is 35.5. The van der Waals surface area contributed by atoms with Crippen molar-refractivity contribution in [1.29, 1.82) is 0 Å². The first-order chi connectivity index (χ1) is 13.6. The zero-order chi connectivity index (χ0) is 19.9. The molecule has 28 heavy (non-hydrogen) atoms. The summed E-state index contributed by atoms with van der Waals surface area (Å²) in [6, 6.07) is 21.0. The van der Waals surface area contributed by atoms with Crippen molar-refractivity contribution in [3.8, 4) is 5.75 Å². The number of halogens is 2. The van der Waals surface area contributed by atoms with E-state index < -0.39 is 0 Å². The molecule has 3 rings (SSSR count). The van der Waals surface area contributed by atoms with Gasteiger partial charge >= 0.3 is 0 Å². The van der Waals surface area contributed by atoms with E-state index in [2.05, 4.69) is 12.1 Å². The number of hydrogen-bond acceptors (Lipinski definition) is 3. The summed E-state index contributed by atoms with van der Waals surface area (Å²) in [4.78, 5) is 13.6. The van der Waals surface area contributed by atoms with Crippen LogP contribution in [0.1, 0.15) is 21.5 Å². The molecule has 0 bridgehead atoms. The van der Waals surface area contributed by atoms with Gasteiger partial charge in [0.1, 0.15) is 5.75 Å². The van der Waals surface area contributed by atoms with Crippen LogP contribution in [0.15, 0.2) is 77.7 Å². The lowest BCUT2D eigenvalue weighted by molar-refractivity contribution is 0.104. The molecule has 0 amide bonds. The second kappa shape index (κ2) is 9.83. The smallest absolute Gasteiger partial charge is 0.187 e. The van der Waals surface area contributed by atoms with Crippen molar-refractivity contribution in [1.82, 2.24) is 0 Å². The lowest BCUT2D eigenvalue weighted by Crippen LogP contribution is -1.95. The predicted molar refractivity (Wildman–Crippen MR) is 119 cm³/mol. The van der Waals surface area contributed by atoms with Gasteiger partial charge in [0.15, 0.2) is 5.78 Å². The van der Waals surface area contributed by atoms with Crippen LogP contribution in [-0.4, -0.2) is 12.9 Å². The largest absolute Gasteiger partial charge is 0.496 e. The van der Waals surface area contributed by atoms with Crippen molar-refractivity contribution in [2.75, 3.05) is 7.11 Å². The van der Waals surface area contributed by atoms with Crippen LogP contribution >= 0.6 is 35.0 Å². The molecule has 0 heterocycles. The summed E-state index contributed by atoms with van der Waals surface area (Å²) in [5.41, 5.74) is 2.40. The molecule has 0 aliphatic carbocycles. The molecule has 0 unspecified atom stereocenters. The number of carbonyl (C=O) groups excluding carboxylic acids is 1. The lowest BCUT2D eigenvalue weighted by atomic mass is 10.1. The van der Waals surface area contributed by atoms with Gasteiger partial charge in [-0.25, -0.2) is 0 Å². The van der Waals surface area contributed by atoms with E-state index in [1.54, 1.807) is 43.1 Å². The van der Waals surface area contributed by atoms with E-state index in [4.69, 9.17) is 27.9 Å². The molecule has 0 fully saturated rings. The average Bonchev–Trinajstić information content (AvgIpc) is 2.71. The molecule has 0 atom stereocenters. The average molecular weight is 429 g/mol. The van der Waals surface area contributed by atoms with Gasteiger partial charge < -0.3 is 4.74 Å². The minimum atomic E-state index is -0.177. The highest BCUT2D eigenvalue weighted by Gasteiger charge is 2.09. The molecule has 0 radical (unpaired) electrons. The number of carbonyl (C=O) groups is 1. The normalized spacial score (nSPS) is 11.0. The fourth-order valence-electron chi connectivity index (χ4n) is 2.61. The first kappa shape index (κ1) is 20.5. The van der Waals surface area contributed by atoms with Crippen molar-refractivity contribution < 1.29 is 9.53 Å².